The smallest absolute Gasteiger partial charge is 0.244 e. The van der Waals surface area contributed by atoms with E-state index in [1.165, 1.54) is 12.0 Å². The van der Waals surface area contributed by atoms with Crippen LogP contribution in [0, 0.1) is 0 Å². The van der Waals surface area contributed by atoms with Gasteiger partial charge in [-0.2, -0.15) is 0 Å². The molecule has 1 saturated heterocycles. The van der Waals surface area contributed by atoms with Crippen LogP contribution < -0.4 is 5.32 Å². The first-order chi connectivity index (χ1) is 10.3. The highest BCUT2D eigenvalue weighted by atomic mass is 16.5. The molecule has 1 aromatic rings. The van der Waals surface area contributed by atoms with Gasteiger partial charge < -0.3 is 15.0 Å². The molecular weight excluding hydrogens is 264 g/mol. The molecule has 2 fully saturated rings. The van der Waals surface area contributed by atoms with Gasteiger partial charge in [-0.25, -0.2) is 0 Å². The molecule has 0 spiro atoms. The van der Waals surface area contributed by atoms with E-state index >= 15 is 0 Å². The van der Waals surface area contributed by atoms with Crippen LogP contribution in [0.3, 0.4) is 0 Å². The van der Waals surface area contributed by atoms with Crippen LogP contribution in [0.2, 0.25) is 0 Å². The first kappa shape index (κ1) is 13.3. The molecule has 3 aliphatic rings. The molecule has 21 heavy (non-hydrogen) atoms. The van der Waals surface area contributed by atoms with Crippen molar-refractivity contribution in [1.82, 2.24) is 10.2 Å². The number of benzene rings is 1. The molecule has 2 aliphatic heterocycles. The summed E-state index contributed by atoms with van der Waals surface area (Å²) in [7, 11) is 0. The lowest BCUT2D eigenvalue weighted by molar-refractivity contribution is -0.146. The molecule has 0 aromatic heterocycles. The van der Waals surface area contributed by atoms with Gasteiger partial charge in [0.1, 0.15) is 6.04 Å². The van der Waals surface area contributed by atoms with Crippen LogP contribution in [0.25, 0.3) is 0 Å². The quantitative estimate of drug-likeness (QED) is 0.853. The molecule has 1 aliphatic carbocycles. The third kappa shape index (κ3) is 2.27. The molecule has 4 rings (SSSR count). The highest BCUT2D eigenvalue weighted by molar-refractivity contribution is 5.84. The van der Waals surface area contributed by atoms with Gasteiger partial charge in [-0.3, -0.25) is 4.79 Å². The highest BCUT2D eigenvalue weighted by Crippen LogP contribution is 2.32. The fourth-order valence-electron chi connectivity index (χ4n) is 4.09. The fraction of sp³-hybridized carbons (Fsp3) is 0.588. The Morgan fingerprint density at radius 1 is 1.29 bits per heavy atom. The van der Waals surface area contributed by atoms with Crippen molar-refractivity contribution >= 4 is 5.91 Å². The van der Waals surface area contributed by atoms with Gasteiger partial charge in [0.2, 0.25) is 5.91 Å². The molecule has 3 atom stereocenters. The van der Waals surface area contributed by atoms with Crippen molar-refractivity contribution < 1.29 is 9.53 Å². The standard InChI is InChI=1S/C17H22N2O2/c20-17(19-10-11-21-15-7-3-6-14(15)19)16-13-5-2-1-4-12(13)8-9-18-16/h1-2,4-5,14-16,18H,3,6-11H2. The Hall–Kier alpha value is -1.39. The van der Waals surface area contributed by atoms with Crippen molar-refractivity contribution in [3.8, 4) is 0 Å². The van der Waals surface area contributed by atoms with Crippen LogP contribution in [0.4, 0.5) is 0 Å². The molecule has 4 nitrogen and oxygen atoms in total. The average molecular weight is 286 g/mol. The van der Waals surface area contributed by atoms with Gasteiger partial charge in [0.15, 0.2) is 0 Å². The van der Waals surface area contributed by atoms with Crippen molar-refractivity contribution in [1.29, 1.82) is 0 Å². The van der Waals surface area contributed by atoms with E-state index in [4.69, 9.17) is 4.74 Å². The van der Waals surface area contributed by atoms with Crippen molar-refractivity contribution in [2.45, 2.75) is 43.9 Å². The summed E-state index contributed by atoms with van der Waals surface area (Å²) in [5.74, 6) is 0.238. The second kappa shape index (κ2) is 5.43. The molecule has 0 bridgehead atoms. The predicted octanol–water partition coefficient (Wildman–Crippen LogP) is 1.65. The molecule has 2 heterocycles. The van der Waals surface area contributed by atoms with Crippen LogP contribution in [0.1, 0.15) is 36.4 Å². The van der Waals surface area contributed by atoms with E-state index < -0.39 is 0 Å². The zero-order chi connectivity index (χ0) is 14.2. The lowest BCUT2D eigenvalue weighted by Gasteiger charge is -2.40. The molecule has 0 radical (unpaired) electrons. The Labute approximate surface area is 125 Å². The number of rotatable bonds is 1. The maximum atomic E-state index is 13.1. The average Bonchev–Trinajstić information content (AvgIpc) is 3.02. The number of carbonyl (C=O) groups excluding carboxylic acids is 1. The van der Waals surface area contributed by atoms with Crippen molar-refractivity contribution in [3.05, 3.63) is 35.4 Å². The number of ether oxygens (including phenoxy) is 1. The van der Waals surface area contributed by atoms with Gasteiger partial charge in [0, 0.05) is 13.1 Å². The summed E-state index contributed by atoms with van der Waals surface area (Å²) in [5.41, 5.74) is 2.47. The number of hydrogen-bond acceptors (Lipinski definition) is 3. The van der Waals surface area contributed by atoms with Crippen molar-refractivity contribution in [3.63, 3.8) is 0 Å². The maximum absolute atomic E-state index is 13.1. The monoisotopic (exact) mass is 286 g/mol. The topological polar surface area (TPSA) is 41.6 Å². The summed E-state index contributed by atoms with van der Waals surface area (Å²) in [4.78, 5) is 15.2. The molecular formula is C17H22N2O2. The lowest BCUT2D eigenvalue weighted by atomic mass is 9.93. The summed E-state index contributed by atoms with van der Waals surface area (Å²) in [6.07, 6.45) is 4.64. The van der Waals surface area contributed by atoms with E-state index in [0.717, 1.165) is 37.9 Å². The predicted molar refractivity (Wildman–Crippen MR) is 80.0 cm³/mol. The number of morpholine rings is 1. The van der Waals surface area contributed by atoms with Crippen LogP contribution in [-0.4, -0.2) is 42.6 Å². The second-order valence-corrected chi connectivity index (χ2v) is 6.28. The summed E-state index contributed by atoms with van der Waals surface area (Å²) < 4.78 is 5.82. The van der Waals surface area contributed by atoms with E-state index in [1.807, 2.05) is 6.07 Å². The third-order valence-electron chi connectivity index (χ3n) is 5.12. The summed E-state index contributed by atoms with van der Waals surface area (Å²) in [6, 6.07) is 8.46. The highest BCUT2D eigenvalue weighted by Gasteiger charge is 2.41. The number of hydrogen-bond donors (Lipinski definition) is 1. The van der Waals surface area contributed by atoms with Crippen LogP contribution in [-0.2, 0) is 16.0 Å². The zero-order valence-electron chi connectivity index (χ0n) is 12.3. The minimum Gasteiger partial charge on any atom is -0.374 e. The van der Waals surface area contributed by atoms with Gasteiger partial charge in [-0.05, 0) is 36.8 Å². The van der Waals surface area contributed by atoms with E-state index in [-0.39, 0.29) is 18.1 Å². The fourth-order valence-corrected chi connectivity index (χ4v) is 4.09. The van der Waals surface area contributed by atoms with E-state index in [1.54, 1.807) is 0 Å². The lowest BCUT2D eigenvalue weighted by Crippen LogP contribution is -2.54. The minimum absolute atomic E-state index is 0.172. The molecule has 1 saturated carbocycles. The van der Waals surface area contributed by atoms with Gasteiger partial charge >= 0.3 is 0 Å². The molecule has 1 aromatic carbocycles. The largest absolute Gasteiger partial charge is 0.374 e. The summed E-state index contributed by atoms with van der Waals surface area (Å²) >= 11 is 0. The number of amides is 1. The third-order valence-corrected chi connectivity index (χ3v) is 5.12. The zero-order valence-corrected chi connectivity index (χ0v) is 12.3. The number of fused-ring (bicyclic) bond motifs is 2. The van der Waals surface area contributed by atoms with Gasteiger partial charge in [0.25, 0.3) is 0 Å². The van der Waals surface area contributed by atoms with Crippen molar-refractivity contribution in [2.24, 2.45) is 0 Å². The van der Waals surface area contributed by atoms with E-state index in [2.05, 4.69) is 28.4 Å². The number of nitrogens with zero attached hydrogens (tertiary/aromatic N) is 1. The Morgan fingerprint density at radius 3 is 3.14 bits per heavy atom. The Balaban J connectivity index is 1.60. The van der Waals surface area contributed by atoms with E-state index in [9.17, 15) is 4.79 Å². The van der Waals surface area contributed by atoms with Crippen LogP contribution >= 0.6 is 0 Å². The minimum atomic E-state index is -0.172. The Kier molecular flexibility index (Phi) is 3.43. The van der Waals surface area contributed by atoms with Crippen LogP contribution in [0.5, 0.6) is 0 Å². The maximum Gasteiger partial charge on any atom is 0.244 e. The first-order valence-electron chi connectivity index (χ1n) is 8.08. The van der Waals surface area contributed by atoms with Gasteiger partial charge in [-0.1, -0.05) is 24.3 Å². The number of carbonyl (C=O) groups is 1. The molecule has 112 valence electrons. The van der Waals surface area contributed by atoms with Gasteiger partial charge in [0.05, 0.1) is 18.8 Å². The van der Waals surface area contributed by atoms with Gasteiger partial charge in [-0.15, -0.1) is 0 Å². The molecule has 3 unspecified atom stereocenters. The normalized spacial score (nSPS) is 31.6. The SMILES string of the molecule is O=C(C1NCCc2ccccc21)N1CCOC2CCCC21. The van der Waals surface area contributed by atoms with E-state index in [0.29, 0.717) is 12.6 Å². The molecule has 1 N–H and O–H groups in total. The summed E-state index contributed by atoms with van der Waals surface area (Å²) in [5, 5.41) is 3.42. The van der Waals surface area contributed by atoms with Crippen LogP contribution in [0.15, 0.2) is 24.3 Å². The molecule has 1 amide bonds. The Bertz CT molecular complexity index is 545. The second-order valence-electron chi connectivity index (χ2n) is 6.28. The van der Waals surface area contributed by atoms with Crippen molar-refractivity contribution in [2.75, 3.05) is 19.7 Å². The first-order valence-corrected chi connectivity index (χ1v) is 8.08. The number of nitrogens with one attached hydrogen (secondary N) is 1. The summed E-state index contributed by atoms with van der Waals surface area (Å²) in [6.45, 7) is 2.30. The Morgan fingerprint density at radius 2 is 2.19 bits per heavy atom. The molecule has 4 heteroatoms.